The molecule has 0 saturated carbocycles. The summed E-state index contributed by atoms with van der Waals surface area (Å²) in [6.45, 7) is 13.5. The van der Waals surface area contributed by atoms with Gasteiger partial charge in [-0.1, -0.05) is 49.0 Å². The lowest BCUT2D eigenvalue weighted by atomic mass is 9.96. The average Bonchev–Trinajstić information content (AvgIpc) is 2.90. The Morgan fingerprint density at radius 2 is 2.12 bits per heavy atom. The van der Waals surface area contributed by atoms with E-state index in [0.717, 1.165) is 48.9 Å². The summed E-state index contributed by atoms with van der Waals surface area (Å²) < 4.78 is 16.8. The van der Waals surface area contributed by atoms with Gasteiger partial charge in [-0.05, 0) is 42.2 Å². The Hall–Kier alpha value is -3.92. The van der Waals surface area contributed by atoms with Gasteiger partial charge in [0.15, 0.2) is 0 Å². The van der Waals surface area contributed by atoms with Crippen LogP contribution >= 0.6 is 11.6 Å². The lowest BCUT2D eigenvalue weighted by Crippen LogP contribution is -2.50. The van der Waals surface area contributed by atoms with Crippen molar-refractivity contribution in [3.8, 4) is 0 Å². The third-order valence-corrected chi connectivity index (χ3v) is 7.35. The SMILES string of the molecule is C=C/C(=C(/OCc1ccc2c(c1Cl)CCN(C1COC1)C2)C(=C)C)c1cccc(N/C(OC)=C(\C=N)C(=O)O)n1. The molecule has 0 aliphatic carbocycles. The lowest BCUT2D eigenvalue weighted by molar-refractivity contribution is -0.132. The number of rotatable bonds is 12. The third kappa shape index (κ3) is 6.28. The molecule has 2 aromatic rings. The van der Waals surface area contributed by atoms with Crippen molar-refractivity contribution in [2.75, 3.05) is 32.2 Å². The standard InChI is InChI=1S/C30H33ClN4O5/c1-5-22(25-7-6-8-26(33-25)34-29(38-4)24(13-32)30(36)37)28(18(2)3)40-15-20-10-9-19-14-35(21-16-39-17-21)12-11-23(19)27(20)31/h5-10,13,21,32H,1-2,11-12,14-17H2,3-4H3,(H,33,34)(H,36,37)/b28-22-,29-24-,32-13?. The predicted octanol–water partition coefficient (Wildman–Crippen LogP) is 5.19. The number of halogens is 1. The molecular formula is C30H33ClN4O5. The Balaban J connectivity index is 1.57. The maximum atomic E-state index is 11.4. The maximum absolute atomic E-state index is 11.4. The number of allylic oxidation sites excluding steroid dienone is 3. The summed E-state index contributed by atoms with van der Waals surface area (Å²) in [6, 6.07) is 9.81. The van der Waals surface area contributed by atoms with Gasteiger partial charge in [-0.25, -0.2) is 9.78 Å². The van der Waals surface area contributed by atoms with Crippen LogP contribution in [0.3, 0.4) is 0 Å². The molecule has 2 aliphatic rings. The molecule has 0 spiro atoms. The zero-order chi connectivity index (χ0) is 28.8. The van der Waals surface area contributed by atoms with Crippen molar-refractivity contribution in [2.24, 2.45) is 0 Å². The van der Waals surface area contributed by atoms with E-state index in [0.29, 0.717) is 40.7 Å². The van der Waals surface area contributed by atoms with Gasteiger partial charge in [0.1, 0.15) is 23.8 Å². The van der Waals surface area contributed by atoms with Crippen molar-refractivity contribution >= 4 is 35.2 Å². The highest BCUT2D eigenvalue weighted by atomic mass is 35.5. The molecule has 3 heterocycles. The molecular weight excluding hydrogens is 532 g/mol. The van der Waals surface area contributed by atoms with Gasteiger partial charge in [0.25, 0.3) is 0 Å². The quantitative estimate of drug-likeness (QED) is 0.140. The van der Waals surface area contributed by atoms with E-state index in [9.17, 15) is 9.90 Å². The Morgan fingerprint density at radius 3 is 2.73 bits per heavy atom. The molecule has 4 rings (SSSR count). The van der Waals surface area contributed by atoms with E-state index in [4.69, 9.17) is 31.2 Å². The molecule has 1 fully saturated rings. The molecule has 40 heavy (non-hydrogen) atoms. The van der Waals surface area contributed by atoms with Crippen LogP contribution in [0, 0.1) is 5.41 Å². The third-order valence-electron chi connectivity index (χ3n) is 6.88. The zero-order valence-electron chi connectivity index (χ0n) is 22.6. The maximum Gasteiger partial charge on any atom is 0.342 e. The Kier molecular flexibility index (Phi) is 9.42. The summed E-state index contributed by atoms with van der Waals surface area (Å²) in [5.74, 6) is -0.585. The van der Waals surface area contributed by atoms with Crippen LogP contribution in [0.25, 0.3) is 5.57 Å². The van der Waals surface area contributed by atoms with Crippen molar-refractivity contribution < 1.29 is 24.1 Å². The lowest BCUT2D eigenvalue weighted by Gasteiger charge is -2.40. The highest BCUT2D eigenvalue weighted by Crippen LogP contribution is 2.33. The van der Waals surface area contributed by atoms with Gasteiger partial charge < -0.3 is 30.0 Å². The number of hydrogen-bond acceptors (Lipinski definition) is 8. The summed E-state index contributed by atoms with van der Waals surface area (Å²) >= 11 is 6.86. The molecule has 0 radical (unpaired) electrons. The van der Waals surface area contributed by atoms with E-state index in [1.165, 1.54) is 12.7 Å². The molecule has 1 saturated heterocycles. The normalized spacial score (nSPS) is 16.5. The molecule has 1 aromatic carbocycles. The monoisotopic (exact) mass is 564 g/mol. The number of ether oxygens (including phenoxy) is 3. The van der Waals surface area contributed by atoms with Crippen molar-refractivity contribution in [1.29, 1.82) is 5.41 Å². The number of methoxy groups -OCH3 is 1. The molecule has 0 unspecified atom stereocenters. The summed E-state index contributed by atoms with van der Waals surface area (Å²) in [5, 5.41) is 20.3. The number of hydrogen-bond donors (Lipinski definition) is 3. The molecule has 0 amide bonds. The van der Waals surface area contributed by atoms with Crippen LogP contribution in [0.5, 0.6) is 0 Å². The van der Waals surface area contributed by atoms with Crippen LogP contribution in [0.15, 0.2) is 72.4 Å². The Bertz CT molecular complexity index is 1400. The number of carboxylic acids is 1. The fraction of sp³-hybridized carbons (Fsp3) is 0.300. The Morgan fingerprint density at radius 1 is 1.35 bits per heavy atom. The smallest absolute Gasteiger partial charge is 0.342 e. The summed E-state index contributed by atoms with van der Waals surface area (Å²) in [4.78, 5) is 18.5. The number of fused-ring (bicyclic) bond motifs is 1. The van der Waals surface area contributed by atoms with Crippen LogP contribution < -0.4 is 5.32 Å². The van der Waals surface area contributed by atoms with Crippen LogP contribution in [0.4, 0.5) is 5.82 Å². The van der Waals surface area contributed by atoms with E-state index < -0.39 is 5.97 Å². The molecule has 0 bridgehead atoms. The van der Waals surface area contributed by atoms with E-state index in [-0.39, 0.29) is 18.1 Å². The number of nitrogens with zero attached hydrogens (tertiary/aromatic N) is 2. The topological polar surface area (TPSA) is 117 Å². The number of carbonyl (C=O) groups is 1. The molecule has 9 nitrogen and oxygen atoms in total. The first-order valence-electron chi connectivity index (χ1n) is 12.8. The second-order valence-corrected chi connectivity index (χ2v) is 9.91. The number of nitrogens with one attached hydrogen (secondary N) is 2. The van der Waals surface area contributed by atoms with Crippen molar-refractivity contribution in [3.63, 3.8) is 0 Å². The number of carboxylic acid groups (broad SMARTS) is 1. The number of aromatic nitrogens is 1. The van der Waals surface area contributed by atoms with Crippen molar-refractivity contribution in [1.82, 2.24) is 9.88 Å². The Labute approximate surface area is 238 Å². The number of pyridine rings is 1. The van der Waals surface area contributed by atoms with E-state index in [1.54, 1.807) is 24.3 Å². The minimum absolute atomic E-state index is 0.112. The molecule has 10 heteroatoms. The largest absolute Gasteiger partial charge is 0.488 e. The first-order valence-corrected chi connectivity index (χ1v) is 13.2. The van der Waals surface area contributed by atoms with E-state index in [1.807, 2.05) is 13.0 Å². The van der Waals surface area contributed by atoms with Gasteiger partial charge in [-0.2, -0.15) is 0 Å². The highest BCUT2D eigenvalue weighted by Gasteiger charge is 2.30. The van der Waals surface area contributed by atoms with Gasteiger partial charge in [-0.15, -0.1) is 0 Å². The number of benzene rings is 1. The van der Waals surface area contributed by atoms with Gasteiger partial charge in [0, 0.05) is 30.4 Å². The summed E-state index contributed by atoms with van der Waals surface area (Å²) in [6.07, 6.45) is 3.21. The van der Waals surface area contributed by atoms with Crippen LogP contribution in [-0.4, -0.2) is 60.1 Å². The van der Waals surface area contributed by atoms with Gasteiger partial charge in [-0.3, -0.25) is 4.90 Å². The zero-order valence-corrected chi connectivity index (χ0v) is 23.4. The first-order chi connectivity index (χ1) is 19.3. The van der Waals surface area contributed by atoms with E-state index >= 15 is 0 Å². The molecule has 2 aliphatic heterocycles. The fourth-order valence-corrected chi connectivity index (χ4v) is 4.99. The van der Waals surface area contributed by atoms with Crippen molar-refractivity contribution in [3.05, 3.63) is 99.8 Å². The minimum Gasteiger partial charge on any atom is -0.488 e. The number of aliphatic carboxylic acids is 1. The summed E-state index contributed by atoms with van der Waals surface area (Å²) in [7, 11) is 1.31. The van der Waals surface area contributed by atoms with Gasteiger partial charge >= 0.3 is 5.97 Å². The molecule has 3 N–H and O–H groups in total. The van der Waals surface area contributed by atoms with Crippen LogP contribution in [0.2, 0.25) is 5.02 Å². The van der Waals surface area contributed by atoms with E-state index in [2.05, 4.69) is 34.4 Å². The fourth-order valence-electron chi connectivity index (χ4n) is 4.66. The molecule has 210 valence electrons. The number of anilines is 1. The predicted molar refractivity (Wildman–Crippen MR) is 155 cm³/mol. The summed E-state index contributed by atoms with van der Waals surface area (Å²) in [5.41, 5.74) is 4.75. The molecule has 0 atom stereocenters. The van der Waals surface area contributed by atoms with Crippen LogP contribution in [0.1, 0.15) is 29.3 Å². The van der Waals surface area contributed by atoms with Crippen LogP contribution in [-0.2, 0) is 38.6 Å². The molecule has 1 aromatic heterocycles. The van der Waals surface area contributed by atoms with Gasteiger partial charge in [0.05, 0.1) is 37.1 Å². The van der Waals surface area contributed by atoms with Gasteiger partial charge in [0.2, 0.25) is 5.88 Å². The van der Waals surface area contributed by atoms with Crippen molar-refractivity contribution in [2.45, 2.75) is 32.5 Å². The average molecular weight is 565 g/mol. The first kappa shape index (κ1) is 29.1. The second kappa shape index (κ2) is 13.0. The minimum atomic E-state index is -1.30. The second-order valence-electron chi connectivity index (χ2n) is 9.53. The highest BCUT2D eigenvalue weighted by molar-refractivity contribution is 6.32.